The average Bonchev–Trinajstić information content (AvgIpc) is 2.66. The summed E-state index contributed by atoms with van der Waals surface area (Å²) >= 11 is 0. The summed E-state index contributed by atoms with van der Waals surface area (Å²) in [5.74, 6) is -0.321. The molecule has 0 fully saturated rings. The number of pyridine rings is 1. The molecule has 3 aromatic rings. The lowest BCUT2D eigenvalue weighted by atomic mass is 10.1. The molecule has 0 aliphatic carbocycles. The largest absolute Gasteiger partial charge is 0.354 e. The summed E-state index contributed by atoms with van der Waals surface area (Å²) < 4.78 is 0. The van der Waals surface area contributed by atoms with Crippen LogP contribution in [0, 0.1) is 25.2 Å². The van der Waals surface area contributed by atoms with Crippen LogP contribution in [-0.2, 0) is 0 Å². The number of anilines is 3. The van der Waals surface area contributed by atoms with Crippen molar-refractivity contribution in [1.82, 2.24) is 4.98 Å². The van der Waals surface area contributed by atoms with E-state index in [1.165, 1.54) is 11.1 Å². The Hall–Kier alpha value is -3.65. The standard InChI is InChI=1S/C21H18N4O/c1-14-5-3-8-19(15(14)2)24-18-9-10-20(23-13-18)21(26)25-17-7-4-6-16(11-17)12-22/h3-11,13,24H,1-2H3,(H,25,26). The topological polar surface area (TPSA) is 77.8 Å². The van der Waals surface area contributed by atoms with Crippen molar-refractivity contribution in [2.75, 3.05) is 10.6 Å². The highest BCUT2D eigenvalue weighted by molar-refractivity contribution is 6.03. The third kappa shape index (κ3) is 3.87. The van der Waals surface area contributed by atoms with Gasteiger partial charge in [-0.25, -0.2) is 4.98 Å². The summed E-state index contributed by atoms with van der Waals surface area (Å²) in [5.41, 5.74) is 5.56. The second kappa shape index (κ2) is 7.49. The number of rotatable bonds is 4. The van der Waals surface area contributed by atoms with Gasteiger partial charge in [0.2, 0.25) is 0 Å². The van der Waals surface area contributed by atoms with Gasteiger partial charge >= 0.3 is 0 Å². The van der Waals surface area contributed by atoms with Crippen molar-refractivity contribution in [3.63, 3.8) is 0 Å². The lowest BCUT2D eigenvalue weighted by molar-refractivity contribution is 0.102. The van der Waals surface area contributed by atoms with Crippen LogP contribution in [0.2, 0.25) is 0 Å². The van der Waals surface area contributed by atoms with Crippen LogP contribution in [0.5, 0.6) is 0 Å². The highest BCUT2D eigenvalue weighted by Gasteiger charge is 2.09. The van der Waals surface area contributed by atoms with E-state index < -0.39 is 0 Å². The van der Waals surface area contributed by atoms with Gasteiger partial charge in [-0.2, -0.15) is 5.26 Å². The van der Waals surface area contributed by atoms with Crippen molar-refractivity contribution in [2.45, 2.75) is 13.8 Å². The molecule has 0 bridgehead atoms. The van der Waals surface area contributed by atoms with E-state index in [9.17, 15) is 4.79 Å². The van der Waals surface area contributed by atoms with E-state index in [1.807, 2.05) is 24.3 Å². The first-order chi connectivity index (χ1) is 12.6. The van der Waals surface area contributed by atoms with Crippen LogP contribution >= 0.6 is 0 Å². The van der Waals surface area contributed by atoms with E-state index in [-0.39, 0.29) is 5.91 Å². The van der Waals surface area contributed by atoms with Crippen LogP contribution in [0.15, 0.2) is 60.8 Å². The van der Waals surface area contributed by atoms with Crippen molar-refractivity contribution in [3.05, 3.63) is 83.2 Å². The second-order valence-electron chi connectivity index (χ2n) is 5.95. The van der Waals surface area contributed by atoms with E-state index in [2.05, 4.69) is 35.5 Å². The zero-order valence-electron chi connectivity index (χ0n) is 14.6. The maximum Gasteiger partial charge on any atom is 0.274 e. The molecule has 5 nitrogen and oxygen atoms in total. The van der Waals surface area contributed by atoms with Crippen molar-refractivity contribution < 1.29 is 4.79 Å². The van der Waals surface area contributed by atoms with E-state index in [0.717, 1.165) is 11.4 Å². The molecule has 5 heteroatoms. The molecule has 0 aliphatic rings. The monoisotopic (exact) mass is 342 g/mol. The number of aromatic nitrogens is 1. The Morgan fingerprint density at radius 2 is 1.85 bits per heavy atom. The lowest BCUT2D eigenvalue weighted by Gasteiger charge is -2.11. The quantitative estimate of drug-likeness (QED) is 0.728. The van der Waals surface area contributed by atoms with Crippen molar-refractivity contribution >= 4 is 23.0 Å². The minimum atomic E-state index is -0.321. The Kier molecular flexibility index (Phi) is 4.95. The van der Waals surface area contributed by atoms with Gasteiger partial charge in [-0.05, 0) is 61.4 Å². The number of aryl methyl sites for hydroxylation is 1. The first-order valence-corrected chi connectivity index (χ1v) is 8.17. The predicted molar refractivity (Wildman–Crippen MR) is 103 cm³/mol. The van der Waals surface area contributed by atoms with Crippen molar-refractivity contribution in [3.8, 4) is 6.07 Å². The Bertz CT molecular complexity index is 988. The molecule has 128 valence electrons. The van der Waals surface area contributed by atoms with Gasteiger partial charge in [0.15, 0.2) is 0 Å². The summed E-state index contributed by atoms with van der Waals surface area (Å²) in [6.45, 7) is 4.12. The maximum atomic E-state index is 12.3. The molecule has 0 saturated heterocycles. The van der Waals surface area contributed by atoms with Crippen molar-refractivity contribution in [2.24, 2.45) is 0 Å². The normalized spacial score (nSPS) is 10.0. The molecular formula is C21H18N4O. The highest BCUT2D eigenvalue weighted by Crippen LogP contribution is 2.22. The predicted octanol–water partition coefficient (Wildman–Crippen LogP) is 4.57. The fourth-order valence-corrected chi connectivity index (χ4v) is 2.51. The maximum absolute atomic E-state index is 12.3. The molecule has 0 unspecified atom stereocenters. The van der Waals surface area contributed by atoms with E-state index in [4.69, 9.17) is 5.26 Å². The molecule has 2 N–H and O–H groups in total. The summed E-state index contributed by atoms with van der Waals surface area (Å²) in [6.07, 6.45) is 1.63. The fourth-order valence-electron chi connectivity index (χ4n) is 2.51. The Morgan fingerprint density at radius 3 is 2.58 bits per heavy atom. The number of amides is 1. The minimum Gasteiger partial charge on any atom is -0.354 e. The zero-order chi connectivity index (χ0) is 18.5. The SMILES string of the molecule is Cc1cccc(Nc2ccc(C(=O)Nc3cccc(C#N)c3)nc2)c1C. The van der Waals surface area contributed by atoms with Gasteiger partial charge in [0, 0.05) is 11.4 Å². The van der Waals surface area contributed by atoms with Gasteiger partial charge < -0.3 is 10.6 Å². The van der Waals surface area contributed by atoms with Crippen LogP contribution in [0.4, 0.5) is 17.1 Å². The first kappa shape index (κ1) is 17.2. The van der Waals surface area contributed by atoms with E-state index in [1.54, 1.807) is 36.5 Å². The Morgan fingerprint density at radius 1 is 1.04 bits per heavy atom. The van der Waals surface area contributed by atoms with Gasteiger partial charge in [0.25, 0.3) is 5.91 Å². The van der Waals surface area contributed by atoms with Crippen LogP contribution in [0.3, 0.4) is 0 Å². The first-order valence-electron chi connectivity index (χ1n) is 8.17. The minimum absolute atomic E-state index is 0.305. The molecule has 3 rings (SSSR count). The molecule has 0 radical (unpaired) electrons. The molecule has 26 heavy (non-hydrogen) atoms. The molecular weight excluding hydrogens is 324 g/mol. The summed E-state index contributed by atoms with van der Waals surface area (Å²) in [5, 5.41) is 15.0. The number of hydrogen-bond acceptors (Lipinski definition) is 4. The van der Waals surface area contributed by atoms with Crippen LogP contribution in [0.1, 0.15) is 27.2 Å². The third-order valence-corrected chi connectivity index (χ3v) is 4.13. The fraction of sp³-hybridized carbons (Fsp3) is 0.0952. The third-order valence-electron chi connectivity index (χ3n) is 4.13. The molecule has 1 aromatic heterocycles. The number of benzene rings is 2. The van der Waals surface area contributed by atoms with E-state index >= 15 is 0 Å². The number of nitrogens with zero attached hydrogens (tertiary/aromatic N) is 2. The number of hydrogen-bond donors (Lipinski definition) is 2. The number of carbonyl (C=O) groups excluding carboxylic acids is 1. The van der Waals surface area contributed by atoms with E-state index in [0.29, 0.717) is 16.9 Å². The second-order valence-corrected chi connectivity index (χ2v) is 5.95. The zero-order valence-corrected chi connectivity index (χ0v) is 14.6. The molecule has 1 heterocycles. The summed E-state index contributed by atoms with van der Waals surface area (Å²) in [6, 6.07) is 18.3. The van der Waals surface area contributed by atoms with Gasteiger partial charge in [0.1, 0.15) is 5.69 Å². The molecule has 0 atom stereocenters. The van der Waals surface area contributed by atoms with Crippen LogP contribution in [-0.4, -0.2) is 10.9 Å². The number of nitriles is 1. The Labute approximate surface area is 152 Å². The summed E-state index contributed by atoms with van der Waals surface area (Å²) in [7, 11) is 0. The molecule has 0 spiro atoms. The number of carbonyl (C=O) groups is 1. The van der Waals surface area contributed by atoms with Crippen LogP contribution in [0.25, 0.3) is 0 Å². The van der Waals surface area contributed by atoms with Crippen LogP contribution < -0.4 is 10.6 Å². The van der Waals surface area contributed by atoms with Gasteiger partial charge in [-0.15, -0.1) is 0 Å². The summed E-state index contributed by atoms with van der Waals surface area (Å²) in [4.78, 5) is 16.5. The molecule has 0 aliphatic heterocycles. The molecule has 0 saturated carbocycles. The van der Waals surface area contributed by atoms with Gasteiger partial charge in [-0.1, -0.05) is 18.2 Å². The van der Waals surface area contributed by atoms with Crippen molar-refractivity contribution in [1.29, 1.82) is 5.26 Å². The van der Waals surface area contributed by atoms with Gasteiger partial charge in [0.05, 0.1) is 23.5 Å². The molecule has 2 aromatic carbocycles. The smallest absolute Gasteiger partial charge is 0.274 e. The lowest BCUT2D eigenvalue weighted by Crippen LogP contribution is -2.13. The Balaban J connectivity index is 1.71. The number of nitrogens with one attached hydrogen (secondary N) is 2. The van der Waals surface area contributed by atoms with Gasteiger partial charge in [-0.3, -0.25) is 4.79 Å². The average molecular weight is 342 g/mol. The highest BCUT2D eigenvalue weighted by atomic mass is 16.1. The molecule has 1 amide bonds.